The molecule has 0 rings (SSSR count). The van der Waals surface area contributed by atoms with Crippen LogP contribution in [0, 0.1) is 0 Å². The summed E-state index contributed by atoms with van der Waals surface area (Å²) >= 11 is 1.56. The first-order valence-corrected chi connectivity index (χ1v) is 5.34. The van der Waals surface area contributed by atoms with Crippen molar-refractivity contribution in [3.8, 4) is 0 Å². The number of carbonyl (C=O) groups is 1. The van der Waals surface area contributed by atoms with Crippen LogP contribution in [0.1, 0.15) is 20.8 Å². The van der Waals surface area contributed by atoms with Gasteiger partial charge in [-0.1, -0.05) is 13.8 Å². The normalized spacial score (nSPS) is 8.09. The highest BCUT2D eigenvalue weighted by atomic mass is 32.2. The first-order valence-electron chi connectivity index (χ1n) is 3.95. The lowest BCUT2D eigenvalue weighted by molar-refractivity contribution is -0.126. The number of nitrogens with zero attached hydrogens (tertiary/aromatic N) is 1. The predicted molar refractivity (Wildman–Crippen MR) is 53.0 cm³/mol. The number of rotatable bonds is 3. The molecular formula is C8H19NOS. The third kappa shape index (κ3) is 7.72. The average molecular weight is 177 g/mol. The minimum Gasteiger partial charge on any atom is -0.345 e. The Kier molecular flexibility index (Phi) is 12.0. The minimum atomic E-state index is 0.213. The van der Waals surface area contributed by atoms with Crippen molar-refractivity contribution in [2.24, 2.45) is 0 Å². The molecule has 0 spiro atoms. The van der Waals surface area contributed by atoms with Crippen molar-refractivity contribution >= 4 is 17.7 Å². The van der Waals surface area contributed by atoms with Gasteiger partial charge >= 0.3 is 0 Å². The topological polar surface area (TPSA) is 20.3 Å². The Morgan fingerprint density at radius 1 is 1.45 bits per heavy atom. The van der Waals surface area contributed by atoms with Gasteiger partial charge in [-0.15, -0.1) is 0 Å². The molecule has 0 aromatic heterocycles. The number of thioether (sulfide) groups is 1. The van der Waals surface area contributed by atoms with Crippen LogP contribution in [0.3, 0.4) is 0 Å². The molecule has 0 aliphatic heterocycles. The lowest BCUT2D eigenvalue weighted by atomic mass is 10.5. The zero-order chi connectivity index (χ0) is 9.28. The summed E-state index contributed by atoms with van der Waals surface area (Å²) in [6.07, 6.45) is 1.93. The van der Waals surface area contributed by atoms with Crippen molar-refractivity contribution < 1.29 is 4.79 Å². The highest BCUT2D eigenvalue weighted by Crippen LogP contribution is 1.94. The van der Waals surface area contributed by atoms with E-state index >= 15 is 0 Å². The second-order valence-electron chi connectivity index (χ2n) is 1.84. The molecule has 0 atom stereocenters. The van der Waals surface area contributed by atoms with Gasteiger partial charge in [0.1, 0.15) is 0 Å². The molecule has 0 fully saturated rings. The zero-order valence-electron chi connectivity index (χ0n) is 8.18. The van der Waals surface area contributed by atoms with Crippen LogP contribution in [-0.2, 0) is 4.79 Å². The van der Waals surface area contributed by atoms with Gasteiger partial charge in [0.15, 0.2) is 0 Å². The molecule has 0 aromatic carbocycles. The van der Waals surface area contributed by atoms with E-state index in [2.05, 4.69) is 0 Å². The Hall–Kier alpha value is -0.180. The van der Waals surface area contributed by atoms with E-state index in [1.54, 1.807) is 16.7 Å². The first-order chi connectivity index (χ1) is 5.22. The molecule has 0 aliphatic carbocycles. The van der Waals surface area contributed by atoms with Crippen LogP contribution in [0.2, 0.25) is 0 Å². The summed E-state index contributed by atoms with van der Waals surface area (Å²) < 4.78 is 0. The van der Waals surface area contributed by atoms with Crippen LogP contribution in [0.25, 0.3) is 0 Å². The Balaban J connectivity index is 0. The summed E-state index contributed by atoms with van der Waals surface area (Å²) in [5.41, 5.74) is 0. The van der Waals surface area contributed by atoms with E-state index in [1.165, 1.54) is 0 Å². The molecule has 0 unspecified atom stereocenters. The van der Waals surface area contributed by atoms with E-state index in [0.717, 1.165) is 6.54 Å². The standard InChI is InChI=1S/C6H13NOS.C2H6/c1-4-7(2)6(8)5-9-3;1-2/h4-5H2,1-3H3;1-2H3. The smallest absolute Gasteiger partial charge is 0.232 e. The van der Waals surface area contributed by atoms with Crippen LogP contribution < -0.4 is 0 Å². The van der Waals surface area contributed by atoms with Crippen LogP contribution in [0.4, 0.5) is 0 Å². The quantitative estimate of drug-likeness (QED) is 0.656. The van der Waals surface area contributed by atoms with Gasteiger partial charge in [0, 0.05) is 13.6 Å². The molecule has 1 amide bonds. The molecule has 0 radical (unpaired) electrons. The lowest BCUT2D eigenvalue weighted by Crippen LogP contribution is -2.27. The average Bonchev–Trinajstić information content (AvgIpc) is 2.07. The van der Waals surface area contributed by atoms with Gasteiger partial charge in [-0.3, -0.25) is 4.79 Å². The summed E-state index contributed by atoms with van der Waals surface area (Å²) in [7, 11) is 1.82. The Morgan fingerprint density at radius 3 is 2.18 bits per heavy atom. The molecule has 0 saturated heterocycles. The highest BCUT2D eigenvalue weighted by Gasteiger charge is 2.02. The number of hydrogen-bond acceptors (Lipinski definition) is 2. The highest BCUT2D eigenvalue weighted by molar-refractivity contribution is 7.99. The van der Waals surface area contributed by atoms with Crippen molar-refractivity contribution in [1.29, 1.82) is 0 Å². The van der Waals surface area contributed by atoms with Crippen LogP contribution in [0.5, 0.6) is 0 Å². The molecule has 0 N–H and O–H groups in total. The number of carbonyl (C=O) groups excluding carboxylic acids is 1. The molecule has 3 heteroatoms. The fourth-order valence-electron chi connectivity index (χ4n) is 0.410. The van der Waals surface area contributed by atoms with Crippen LogP contribution in [0.15, 0.2) is 0 Å². The van der Waals surface area contributed by atoms with Crippen molar-refractivity contribution in [1.82, 2.24) is 4.90 Å². The van der Waals surface area contributed by atoms with Gasteiger partial charge in [0.05, 0.1) is 5.75 Å². The van der Waals surface area contributed by atoms with E-state index in [-0.39, 0.29) is 5.91 Å². The monoisotopic (exact) mass is 177 g/mol. The molecular weight excluding hydrogens is 158 g/mol. The van der Waals surface area contributed by atoms with Crippen molar-refractivity contribution in [2.45, 2.75) is 20.8 Å². The molecule has 2 nitrogen and oxygen atoms in total. The molecule has 68 valence electrons. The second kappa shape index (κ2) is 9.82. The van der Waals surface area contributed by atoms with Gasteiger partial charge in [-0.2, -0.15) is 11.8 Å². The molecule has 0 aromatic rings. The number of hydrogen-bond donors (Lipinski definition) is 0. The van der Waals surface area contributed by atoms with Gasteiger partial charge in [-0.05, 0) is 13.2 Å². The Bertz CT molecular complexity index is 96.1. The van der Waals surface area contributed by atoms with Crippen LogP contribution in [-0.4, -0.2) is 36.4 Å². The third-order valence-corrected chi connectivity index (χ3v) is 1.70. The maximum absolute atomic E-state index is 10.9. The minimum absolute atomic E-state index is 0.213. The Labute approximate surface area is 74.3 Å². The predicted octanol–water partition coefficient (Wildman–Crippen LogP) is 1.85. The fourth-order valence-corrected chi connectivity index (χ4v) is 0.877. The van der Waals surface area contributed by atoms with Gasteiger partial charge in [-0.25, -0.2) is 0 Å². The molecule has 0 heterocycles. The van der Waals surface area contributed by atoms with E-state index in [9.17, 15) is 4.79 Å². The van der Waals surface area contributed by atoms with E-state index in [0.29, 0.717) is 5.75 Å². The second-order valence-corrected chi connectivity index (χ2v) is 2.71. The summed E-state index contributed by atoms with van der Waals surface area (Å²) in [5, 5.41) is 0. The molecule has 0 aliphatic rings. The van der Waals surface area contributed by atoms with E-state index < -0.39 is 0 Å². The Morgan fingerprint density at radius 2 is 1.91 bits per heavy atom. The molecule has 0 saturated carbocycles. The molecule has 11 heavy (non-hydrogen) atoms. The maximum Gasteiger partial charge on any atom is 0.232 e. The summed E-state index contributed by atoms with van der Waals surface area (Å²) in [6, 6.07) is 0. The summed E-state index contributed by atoms with van der Waals surface area (Å²) in [5.74, 6) is 0.814. The van der Waals surface area contributed by atoms with Crippen molar-refractivity contribution in [2.75, 3.05) is 25.6 Å². The molecule has 0 bridgehead atoms. The third-order valence-electron chi connectivity index (χ3n) is 1.17. The van der Waals surface area contributed by atoms with Crippen molar-refractivity contribution in [3.05, 3.63) is 0 Å². The maximum atomic E-state index is 10.9. The van der Waals surface area contributed by atoms with Gasteiger partial charge in [0.25, 0.3) is 0 Å². The summed E-state index contributed by atoms with van der Waals surface area (Å²) in [6.45, 7) is 6.78. The zero-order valence-corrected chi connectivity index (χ0v) is 8.99. The first kappa shape index (κ1) is 13.4. The van der Waals surface area contributed by atoms with Crippen molar-refractivity contribution in [3.63, 3.8) is 0 Å². The van der Waals surface area contributed by atoms with Gasteiger partial charge < -0.3 is 4.90 Å². The number of amides is 1. The lowest BCUT2D eigenvalue weighted by Gasteiger charge is -2.12. The van der Waals surface area contributed by atoms with E-state index in [4.69, 9.17) is 0 Å². The van der Waals surface area contributed by atoms with E-state index in [1.807, 2.05) is 34.1 Å². The fraction of sp³-hybridized carbons (Fsp3) is 0.875. The SMILES string of the molecule is CC.CCN(C)C(=O)CSC. The summed E-state index contributed by atoms with van der Waals surface area (Å²) in [4.78, 5) is 12.6. The largest absolute Gasteiger partial charge is 0.345 e. The van der Waals surface area contributed by atoms with Crippen LogP contribution >= 0.6 is 11.8 Å². The van der Waals surface area contributed by atoms with Gasteiger partial charge in [0.2, 0.25) is 5.91 Å².